The molecule has 14 heteroatoms. The number of phenols is 1. The number of benzene rings is 3. The molecular formula is C39H47N3O11. The number of hydrogen-bond acceptors (Lipinski definition) is 11. The van der Waals surface area contributed by atoms with Crippen molar-refractivity contribution in [1.29, 1.82) is 0 Å². The monoisotopic (exact) mass is 733 g/mol. The van der Waals surface area contributed by atoms with Gasteiger partial charge in [-0.2, -0.15) is 0 Å². The van der Waals surface area contributed by atoms with Crippen LogP contribution in [0.25, 0.3) is 10.9 Å². The number of aromatic amines is 1. The van der Waals surface area contributed by atoms with Crippen LogP contribution in [0.5, 0.6) is 11.5 Å². The molecule has 3 aliphatic heterocycles. The quantitative estimate of drug-likeness (QED) is 0.0562. The number of piperidine rings is 3. The molecule has 0 amide bonds. The smallest absolute Gasteiger partial charge is 0.348 e. The van der Waals surface area contributed by atoms with Crippen LogP contribution >= 0.6 is 0 Å². The third kappa shape index (κ3) is 10.6. The fourth-order valence-electron chi connectivity index (χ4n) is 6.76. The van der Waals surface area contributed by atoms with Crippen molar-refractivity contribution < 1.29 is 49.4 Å². The molecule has 3 saturated heterocycles. The second kappa shape index (κ2) is 20.1. The minimum absolute atomic E-state index is 0.0342. The van der Waals surface area contributed by atoms with Gasteiger partial charge in [-0.05, 0) is 98.6 Å². The van der Waals surface area contributed by atoms with Crippen molar-refractivity contribution in [2.45, 2.75) is 49.9 Å². The highest BCUT2D eigenvalue weighted by atomic mass is 16.6. The Morgan fingerprint density at radius 2 is 1.58 bits per heavy atom. The number of nitrogens with zero attached hydrogens (tertiary/aromatic N) is 1. The summed E-state index contributed by atoms with van der Waals surface area (Å²) in [5, 5.41) is 50.3. The number of ether oxygens (including phenoxy) is 2. The lowest BCUT2D eigenvalue weighted by molar-refractivity contribution is -0.177. The van der Waals surface area contributed by atoms with E-state index in [1.807, 2.05) is 6.07 Å². The molecule has 4 aromatic rings. The average Bonchev–Trinajstić information content (AvgIpc) is 3.17. The van der Waals surface area contributed by atoms with Crippen LogP contribution in [-0.2, 0) is 24.7 Å². The van der Waals surface area contributed by atoms with E-state index in [4.69, 9.17) is 29.3 Å². The van der Waals surface area contributed by atoms with E-state index >= 15 is 0 Å². The fraction of sp³-hybridized carbons (Fsp3) is 0.385. The SMILES string of the molecule is O=C(O[C@@H]1CN2CCC1CC2)C(O)(c1ccccc1)c1ccc(OCCCCCNC[C@H](O)c2ccc(O)c3[nH]c(=O)ccc23)cc1.O=CO.O=CO. The molecule has 53 heavy (non-hydrogen) atoms. The molecule has 3 atom stereocenters. The summed E-state index contributed by atoms with van der Waals surface area (Å²) in [6, 6.07) is 22.1. The molecule has 4 heterocycles. The fourth-order valence-corrected chi connectivity index (χ4v) is 6.76. The molecule has 0 saturated carbocycles. The summed E-state index contributed by atoms with van der Waals surface area (Å²) in [5.74, 6) is 0.305. The summed E-state index contributed by atoms with van der Waals surface area (Å²) in [5.41, 5.74) is -0.392. The van der Waals surface area contributed by atoms with Gasteiger partial charge in [0.2, 0.25) is 11.2 Å². The Hall–Kier alpha value is -5.28. The van der Waals surface area contributed by atoms with Crippen molar-refractivity contribution in [1.82, 2.24) is 15.2 Å². The number of H-pyrrole nitrogens is 1. The number of carbonyl (C=O) groups excluding carboxylic acids is 1. The van der Waals surface area contributed by atoms with E-state index in [1.54, 1.807) is 60.7 Å². The van der Waals surface area contributed by atoms with Gasteiger partial charge in [-0.15, -0.1) is 0 Å². The van der Waals surface area contributed by atoms with Crippen LogP contribution in [0.15, 0.2) is 83.7 Å². The lowest BCUT2D eigenvalue weighted by atomic mass is 9.84. The van der Waals surface area contributed by atoms with E-state index in [0.717, 1.165) is 45.2 Å². The number of rotatable bonds is 14. The van der Waals surface area contributed by atoms with Gasteiger partial charge in [0.1, 0.15) is 17.6 Å². The van der Waals surface area contributed by atoms with Gasteiger partial charge < -0.3 is 45.3 Å². The number of esters is 1. The standard InChI is InChI=1S/C37H43N3O7.2CH2O2/c41-31-15-13-29(30-14-16-34(43)39-35(30)31)32(42)23-38-19-5-2-6-22-46-28-11-9-27(10-12-28)37(45,26-7-3-1-4-8-26)36(44)47-33-24-40-20-17-25(33)18-21-40;2*2-1-3/h1,3-4,7-16,25,32-33,38,41-42,45H,2,5-6,17-24H2,(H,39,43);2*1H,(H,2,3)/t32-,33+,37?;;/m0../s1. The van der Waals surface area contributed by atoms with Gasteiger partial charge in [-0.3, -0.25) is 19.3 Å². The van der Waals surface area contributed by atoms with E-state index in [9.17, 15) is 24.9 Å². The topological polar surface area (TPSA) is 219 Å². The van der Waals surface area contributed by atoms with Crippen LogP contribution < -0.4 is 15.6 Å². The van der Waals surface area contributed by atoms with Crippen LogP contribution in [0.1, 0.15) is 54.9 Å². The second-order valence-electron chi connectivity index (χ2n) is 12.8. The normalized spacial score (nSPS) is 18.9. The van der Waals surface area contributed by atoms with Crippen LogP contribution in [0.4, 0.5) is 0 Å². The number of carbonyl (C=O) groups is 3. The molecule has 7 rings (SSSR count). The van der Waals surface area contributed by atoms with E-state index in [2.05, 4.69) is 15.2 Å². The lowest BCUT2D eigenvalue weighted by Crippen LogP contribution is -2.53. The Labute approximate surface area is 306 Å². The Bertz CT molecular complexity index is 1810. The average molecular weight is 734 g/mol. The van der Waals surface area contributed by atoms with Crippen LogP contribution in [0.2, 0.25) is 0 Å². The molecular weight excluding hydrogens is 686 g/mol. The van der Waals surface area contributed by atoms with E-state index in [0.29, 0.717) is 65.5 Å². The number of aliphatic hydroxyl groups is 2. The Kier molecular flexibility index (Phi) is 15.3. The zero-order chi connectivity index (χ0) is 38.2. The van der Waals surface area contributed by atoms with Crippen molar-refractivity contribution in [3.05, 3.63) is 106 Å². The number of hydrogen-bond donors (Lipinski definition) is 7. The first kappa shape index (κ1) is 40.5. The first-order chi connectivity index (χ1) is 25.7. The Morgan fingerprint density at radius 3 is 2.23 bits per heavy atom. The molecule has 7 N–H and O–H groups in total. The summed E-state index contributed by atoms with van der Waals surface area (Å²) >= 11 is 0. The molecule has 1 aromatic heterocycles. The number of phenolic OH excluding ortho intramolecular Hbond substituents is 1. The number of fused-ring (bicyclic) bond motifs is 4. The zero-order valence-corrected chi connectivity index (χ0v) is 29.3. The molecule has 14 nitrogen and oxygen atoms in total. The number of carboxylic acid groups (broad SMARTS) is 2. The molecule has 1 unspecified atom stereocenters. The van der Waals surface area contributed by atoms with Crippen molar-refractivity contribution >= 4 is 29.8 Å². The number of aromatic hydroxyl groups is 1. The third-order valence-corrected chi connectivity index (χ3v) is 9.48. The predicted octanol–water partition coefficient (Wildman–Crippen LogP) is 3.38. The summed E-state index contributed by atoms with van der Waals surface area (Å²) < 4.78 is 12.0. The van der Waals surface area contributed by atoms with Crippen molar-refractivity contribution in [3.8, 4) is 11.5 Å². The Balaban J connectivity index is 0.000000980. The minimum atomic E-state index is -1.93. The van der Waals surface area contributed by atoms with E-state index in [-0.39, 0.29) is 30.4 Å². The number of aromatic nitrogens is 1. The van der Waals surface area contributed by atoms with Gasteiger partial charge in [0.25, 0.3) is 12.9 Å². The second-order valence-corrected chi connectivity index (χ2v) is 12.8. The first-order valence-corrected chi connectivity index (χ1v) is 17.5. The highest BCUT2D eigenvalue weighted by Crippen LogP contribution is 2.36. The minimum Gasteiger partial charge on any atom is -0.506 e. The molecule has 3 fully saturated rings. The van der Waals surface area contributed by atoms with Gasteiger partial charge in [-0.1, -0.05) is 48.5 Å². The van der Waals surface area contributed by atoms with Crippen molar-refractivity contribution in [3.63, 3.8) is 0 Å². The van der Waals surface area contributed by atoms with Gasteiger partial charge in [0, 0.05) is 24.5 Å². The van der Waals surface area contributed by atoms with Gasteiger partial charge in [-0.25, -0.2) is 4.79 Å². The van der Waals surface area contributed by atoms with Gasteiger partial charge >= 0.3 is 5.97 Å². The highest BCUT2D eigenvalue weighted by molar-refractivity contribution is 5.87. The highest BCUT2D eigenvalue weighted by Gasteiger charge is 2.45. The maximum absolute atomic E-state index is 13.6. The molecule has 3 aliphatic rings. The Morgan fingerprint density at radius 1 is 0.925 bits per heavy atom. The first-order valence-electron chi connectivity index (χ1n) is 17.5. The summed E-state index contributed by atoms with van der Waals surface area (Å²) in [6.07, 6.45) is 3.66. The van der Waals surface area contributed by atoms with Crippen LogP contribution in [0.3, 0.4) is 0 Å². The maximum Gasteiger partial charge on any atom is 0.348 e. The number of nitrogens with one attached hydrogen (secondary N) is 2. The van der Waals surface area contributed by atoms with Crippen LogP contribution in [-0.4, -0.2) is 99.8 Å². The van der Waals surface area contributed by atoms with Crippen molar-refractivity contribution in [2.24, 2.45) is 5.92 Å². The number of aliphatic hydroxyl groups excluding tert-OH is 1. The third-order valence-electron chi connectivity index (χ3n) is 9.48. The largest absolute Gasteiger partial charge is 0.506 e. The van der Waals surface area contributed by atoms with E-state index in [1.165, 1.54) is 12.1 Å². The van der Waals surface area contributed by atoms with Crippen LogP contribution in [0, 0.1) is 5.92 Å². The zero-order valence-electron chi connectivity index (χ0n) is 29.3. The molecule has 0 radical (unpaired) electrons. The molecule has 2 bridgehead atoms. The number of pyridine rings is 1. The summed E-state index contributed by atoms with van der Waals surface area (Å²) in [4.78, 5) is 46.9. The maximum atomic E-state index is 13.6. The molecule has 284 valence electrons. The predicted molar refractivity (Wildman–Crippen MR) is 196 cm³/mol. The van der Waals surface area contributed by atoms with Gasteiger partial charge in [0.15, 0.2) is 0 Å². The lowest BCUT2D eigenvalue weighted by Gasteiger charge is -2.44. The van der Waals surface area contributed by atoms with Crippen molar-refractivity contribution in [2.75, 3.05) is 39.3 Å². The van der Waals surface area contributed by atoms with E-state index < -0.39 is 17.7 Å². The molecule has 0 spiro atoms. The summed E-state index contributed by atoms with van der Waals surface area (Å²) in [7, 11) is 0. The molecule has 3 aromatic carbocycles. The van der Waals surface area contributed by atoms with Gasteiger partial charge in [0.05, 0.1) is 18.2 Å². The number of unbranched alkanes of at least 4 members (excludes halogenated alkanes) is 2. The molecule has 0 aliphatic carbocycles. The summed E-state index contributed by atoms with van der Waals surface area (Å²) in [6.45, 7) is 3.86.